The first-order valence-electron chi connectivity index (χ1n) is 11.7. The van der Waals surface area contributed by atoms with Gasteiger partial charge in [-0.15, -0.1) is 11.3 Å². The third-order valence-corrected chi connectivity index (χ3v) is 6.79. The van der Waals surface area contributed by atoms with Crippen molar-refractivity contribution in [1.29, 1.82) is 0 Å². The van der Waals surface area contributed by atoms with Gasteiger partial charge in [0, 0.05) is 56.8 Å². The van der Waals surface area contributed by atoms with Gasteiger partial charge in [-0.1, -0.05) is 0 Å². The zero-order valence-electron chi connectivity index (χ0n) is 20.0. The van der Waals surface area contributed by atoms with E-state index in [1.54, 1.807) is 11.3 Å². The van der Waals surface area contributed by atoms with Crippen molar-refractivity contribution >= 4 is 29.4 Å². The summed E-state index contributed by atoms with van der Waals surface area (Å²) in [6, 6.07) is 7.69. The molecule has 2 aliphatic rings. The van der Waals surface area contributed by atoms with E-state index in [0.29, 0.717) is 12.5 Å². The number of rotatable bonds is 6. The Bertz CT molecular complexity index is 862. The van der Waals surface area contributed by atoms with E-state index in [1.807, 2.05) is 52.6 Å². The number of carbonyl (C=O) groups is 1. The van der Waals surface area contributed by atoms with Crippen LogP contribution in [0.25, 0.3) is 0 Å². The SMILES string of the molecule is CCOc1ccc(N=CNNN)cc1.CN1CCN(C(=O)N2CCC(c3nccs3)CC2)CC1. The van der Waals surface area contributed by atoms with Crippen LogP contribution < -0.4 is 21.5 Å². The quantitative estimate of drug-likeness (QED) is 0.248. The van der Waals surface area contributed by atoms with E-state index in [2.05, 4.69) is 32.9 Å². The Morgan fingerprint density at radius 3 is 2.44 bits per heavy atom. The topological polar surface area (TPSA) is 111 Å². The van der Waals surface area contributed by atoms with Gasteiger partial charge in [-0.25, -0.2) is 14.8 Å². The second-order valence-corrected chi connectivity index (χ2v) is 9.10. The molecule has 3 heterocycles. The molecule has 0 spiro atoms. The number of likely N-dealkylation sites (N-methyl/N-ethyl adjacent to an activating group) is 1. The molecule has 2 aromatic rings. The molecule has 4 N–H and O–H groups in total. The summed E-state index contributed by atoms with van der Waals surface area (Å²) in [6.07, 6.45) is 5.44. The monoisotopic (exact) mass is 488 g/mol. The molecule has 0 radical (unpaired) electrons. The zero-order valence-corrected chi connectivity index (χ0v) is 20.8. The molecule has 0 aliphatic carbocycles. The Morgan fingerprint density at radius 1 is 1.18 bits per heavy atom. The lowest BCUT2D eigenvalue weighted by Crippen LogP contribution is -2.53. The summed E-state index contributed by atoms with van der Waals surface area (Å²) >= 11 is 1.74. The van der Waals surface area contributed by atoms with Crippen LogP contribution in [0.5, 0.6) is 5.75 Å². The number of piperidine rings is 1. The van der Waals surface area contributed by atoms with Crippen LogP contribution in [-0.2, 0) is 0 Å². The van der Waals surface area contributed by atoms with Crippen molar-refractivity contribution in [3.8, 4) is 5.75 Å². The smallest absolute Gasteiger partial charge is 0.320 e. The maximum absolute atomic E-state index is 12.5. The van der Waals surface area contributed by atoms with Gasteiger partial charge in [-0.05, 0) is 51.1 Å². The first kappa shape index (κ1) is 25.9. The van der Waals surface area contributed by atoms with Gasteiger partial charge in [-0.3, -0.25) is 11.3 Å². The van der Waals surface area contributed by atoms with E-state index in [4.69, 9.17) is 10.6 Å². The van der Waals surface area contributed by atoms with Gasteiger partial charge in [0.25, 0.3) is 0 Å². The number of nitrogens with two attached hydrogens (primary N) is 1. The molecular formula is C23H36N8O2S. The number of aromatic nitrogens is 1. The molecule has 1 aromatic carbocycles. The van der Waals surface area contributed by atoms with E-state index in [-0.39, 0.29) is 6.03 Å². The van der Waals surface area contributed by atoms with Gasteiger partial charge in [0.2, 0.25) is 0 Å². The number of nitrogens with one attached hydrogen (secondary N) is 2. The van der Waals surface area contributed by atoms with Crippen molar-refractivity contribution in [1.82, 2.24) is 30.6 Å². The molecule has 0 bridgehead atoms. The van der Waals surface area contributed by atoms with Crippen molar-refractivity contribution in [3.63, 3.8) is 0 Å². The highest BCUT2D eigenvalue weighted by atomic mass is 32.1. The van der Waals surface area contributed by atoms with E-state index < -0.39 is 0 Å². The Balaban J connectivity index is 0.000000204. The number of aliphatic imine (C=N–C) groups is 1. The van der Waals surface area contributed by atoms with E-state index in [9.17, 15) is 4.79 Å². The molecule has 0 saturated carbocycles. The van der Waals surface area contributed by atoms with Crippen LogP contribution in [0.3, 0.4) is 0 Å². The van der Waals surface area contributed by atoms with Crippen LogP contribution in [-0.4, -0.2) is 85.0 Å². The van der Waals surface area contributed by atoms with Crippen LogP contribution >= 0.6 is 11.3 Å². The van der Waals surface area contributed by atoms with Gasteiger partial charge >= 0.3 is 6.03 Å². The third-order valence-electron chi connectivity index (χ3n) is 5.85. The predicted molar refractivity (Wildman–Crippen MR) is 136 cm³/mol. The number of thiazole rings is 1. The predicted octanol–water partition coefficient (Wildman–Crippen LogP) is 2.40. The fourth-order valence-corrected chi connectivity index (χ4v) is 4.70. The van der Waals surface area contributed by atoms with E-state index in [0.717, 1.165) is 63.5 Å². The molecule has 10 nitrogen and oxygen atoms in total. The van der Waals surface area contributed by atoms with Crippen LogP contribution in [0.15, 0.2) is 40.8 Å². The number of nitrogens with zero attached hydrogens (tertiary/aromatic N) is 5. The lowest BCUT2D eigenvalue weighted by atomic mass is 9.98. The molecule has 0 atom stereocenters. The molecule has 1 aromatic heterocycles. The van der Waals surface area contributed by atoms with Gasteiger partial charge in [0.15, 0.2) is 0 Å². The lowest BCUT2D eigenvalue weighted by Gasteiger charge is -2.38. The number of hydrazine groups is 2. The summed E-state index contributed by atoms with van der Waals surface area (Å²) in [4.78, 5) is 27.2. The van der Waals surface area contributed by atoms with Crippen molar-refractivity contribution in [3.05, 3.63) is 40.8 Å². The van der Waals surface area contributed by atoms with Crippen LogP contribution in [0.4, 0.5) is 10.5 Å². The zero-order chi connectivity index (χ0) is 24.2. The summed E-state index contributed by atoms with van der Waals surface area (Å²) in [7, 11) is 2.11. The second-order valence-electron chi connectivity index (χ2n) is 8.18. The minimum Gasteiger partial charge on any atom is -0.494 e. The minimum absolute atomic E-state index is 0.232. The highest BCUT2D eigenvalue weighted by Gasteiger charge is 2.29. The van der Waals surface area contributed by atoms with Gasteiger partial charge in [0.05, 0.1) is 17.3 Å². The Hall–Kier alpha value is -2.73. The first-order chi connectivity index (χ1) is 16.6. The molecule has 2 amide bonds. The van der Waals surface area contributed by atoms with Crippen LogP contribution in [0.2, 0.25) is 0 Å². The number of amides is 2. The molecule has 11 heteroatoms. The summed E-state index contributed by atoms with van der Waals surface area (Å²) < 4.78 is 5.29. The molecule has 186 valence electrons. The molecule has 34 heavy (non-hydrogen) atoms. The Morgan fingerprint density at radius 2 is 1.85 bits per heavy atom. The average molecular weight is 489 g/mol. The highest BCUT2D eigenvalue weighted by Crippen LogP contribution is 2.29. The number of ether oxygens (including phenoxy) is 1. The molecule has 2 fully saturated rings. The summed E-state index contributed by atoms with van der Waals surface area (Å²) in [5, 5.41) is 3.27. The van der Waals surface area contributed by atoms with Crippen molar-refractivity contribution in [2.24, 2.45) is 10.8 Å². The average Bonchev–Trinajstić information content (AvgIpc) is 3.41. The lowest BCUT2D eigenvalue weighted by molar-refractivity contribution is 0.113. The first-order valence-corrected chi connectivity index (χ1v) is 12.6. The van der Waals surface area contributed by atoms with Gasteiger partial charge < -0.3 is 19.4 Å². The van der Waals surface area contributed by atoms with Crippen molar-refractivity contribution in [2.75, 3.05) is 52.9 Å². The largest absolute Gasteiger partial charge is 0.494 e. The molecule has 0 unspecified atom stereocenters. The fourth-order valence-electron chi connectivity index (χ4n) is 3.89. The Labute approximate surface area is 205 Å². The van der Waals surface area contributed by atoms with Gasteiger partial charge in [0.1, 0.15) is 12.1 Å². The number of benzene rings is 1. The molecule has 4 rings (SSSR count). The Kier molecular flexibility index (Phi) is 10.5. The minimum atomic E-state index is 0.232. The highest BCUT2D eigenvalue weighted by molar-refractivity contribution is 7.09. The van der Waals surface area contributed by atoms with Crippen molar-refractivity contribution in [2.45, 2.75) is 25.7 Å². The van der Waals surface area contributed by atoms with Crippen LogP contribution in [0, 0.1) is 0 Å². The number of hydrogen-bond acceptors (Lipinski definition) is 8. The fraction of sp³-hybridized carbons (Fsp3) is 0.522. The maximum atomic E-state index is 12.5. The maximum Gasteiger partial charge on any atom is 0.320 e. The number of likely N-dealkylation sites (tertiary alicyclic amines) is 1. The van der Waals surface area contributed by atoms with E-state index >= 15 is 0 Å². The summed E-state index contributed by atoms with van der Waals surface area (Å²) in [5.74, 6) is 6.38. The number of urea groups is 1. The number of carbonyl (C=O) groups excluding carboxylic acids is 1. The van der Waals surface area contributed by atoms with Gasteiger partial charge in [-0.2, -0.15) is 5.53 Å². The summed E-state index contributed by atoms with van der Waals surface area (Å²) in [5.41, 5.74) is 5.62. The number of hydrogen-bond donors (Lipinski definition) is 3. The molecule has 2 saturated heterocycles. The molecular weight excluding hydrogens is 452 g/mol. The number of piperazine rings is 1. The standard InChI is InChI=1S/C14H22N4OS.C9H14N4O/c1-16-7-9-18(10-8-16)14(19)17-5-2-12(3-6-17)13-15-4-11-20-13;1-2-14-9-5-3-8(4-6-9)11-7-12-13-10/h4,11-12H,2-3,5-10H2,1H3;3-7,13H,2,10H2,1H3,(H,11,12). The summed E-state index contributed by atoms with van der Waals surface area (Å²) in [6.45, 7) is 8.06. The normalized spacial score (nSPS) is 17.4. The second kappa shape index (κ2) is 13.9. The van der Waals surface area contributed by atoms with Crippen molar-refractivity contribution < 1.29 is 9.53 Å². The third kappa shape index (κ3) is 7.94. The van der Waals surface area contributed by atoms with Crippen LogP contribution in [0.1, 0.15) is 30.7 Å². The molecule has 2 aliphatic heterocycles. The van der Waals surface area contributed by atoms with E-state index in [1.165, 1.54) is 11.3 Å².